The molecular weight excluding hydrogens is 318 g/mol. The third-order valence-electron chi connectivity index (χ3n) is 3.63. The minimum atomic E-state index is -0.907. The van der Waals surface area contributed by atoms with Gasteiger partial charge in [-0.05, 0) is 62.6 Å². The fraction of sp³-hybridized carbons (Fsp3) is 0.300. The highest BCUT2D eigenvalue weighted by molar-refractivity contribution is 5.95. The molecule has 0 fully saturated rings. The van der Waals surface area contributed by atoms with Gasteiger partial charge in [0.15, 0.2) is 12.7 Å². The monoisotopic (exact) mass is 341 g/mol. The molecule has 0 radical (unpaired) electrons. The number of amides is 1. The van der Waals surface area contributed by atoms with E-state index in [2.05, 4.69) is 5.32 Å². The number of anilines is 1. The molecule has 132 valence electrons. The molecule has 0 aliphatic carbocycles. The van der Waals surface area contributed by atoms with Crippen LogP contribution in [-0.2, 0) is 14.3 Å². The van der Waals surface area contributed by atoms with Gasteiger partial charge in [0.25, 0.3) is 5.91 Å². The van der Waals surface area contributed by atoms with Crippen molar-refractivity contribution in [1.82, 2.24) is 0 Å². The summed E-state index contributed by atoms with van der Waals surface area (Å²) < 4.78 is 10.6. The van der Waals surface area contributed by atoms with E-state index in [1.165, 1.54) is 6.92 Å². The Hall–Kier alpha value is -2.82. The number of benzene rings is 2. The molecule has 2 rings (SSSR count). The zero-order valence-corrected chi connectivity index (χ0v) is 15.0. The third kappa shape index (κ3) is 5.64. The van der Waals surface area contributed by atoms with Gasteiger partial charge in [-0.1, -0.05) is 24.3 Å². The molecule has 2 aromatic carbocycles. The number of rotatable bonds is 6. The topological polar surface area (TPSA) is 64.6 Å². The number of hydrogen-bond acceptors (Lipinski definition) is 4. The molecule has 5 heteroatoms. The molecule has 0 aromatic heterocycles. The molecule has 1 N–H and O–H groups in total. The van der Waals surface area contributed by atoms with Crippen molar-refractivity contribution in [3.63, 3.8) is 0 Å². The summed E-state index contributed by atoms with van der Waals surface area (Å²) in [6.45, 7) is 7.09. The van der Waals surface area contributed by atoms with Crippen LogP contribution in [0.1, 0.15) is 23.6 Å². The van der Waals surface area contributed by atoms with Crippen LogP contribution in [-0.4, -0.2) is 24.6 Å². The number of carbonyl (C=O) groups excluding carboxylic acids is 2. The standard InChI is InChI=1S/C20H23NO4/c1-13-9-14(2)11-17(10-13)24-12-19(22)25-16(4)20(23)21-18-8-6-5-7-15(18)3/h5-11,16H,12H2,1-4H3,(H,21,23)/t16-/m0/s1. The Kier molecular flexibility index (Phi) is 6.17. The number of aryl methyl sites for hydroxylation is 3. The average Bonchev–Trinajstić information content (AvgIpc) is 2.54. The molecule has 0 unspecified atom stereocenters. The lowest BCUT2D eigenvalue weighted by atomic mass is 10.1. The summed E-state index contributed by atoms with van der Waals surface area (Å²) in [5.74, 6) is -0.368. The molecule has 25 heavy (non-hydrogen) atoms. The highest BCUT2D eigenvalue weighted by Crippen LogP contribution is 2.16. The number of esters is 1. The van der Waals surface area contributed by atoms with Crippen molar-refractivity contribution in [3.05, 3.63) is 59.2 Å². The Morgan fingerprint density at radius 1 is 1.04 bits per heavy atom. The summed E-state index contributed by atoms with van der Waals surface area (Å²) >= 11 is 0. The zero-order chi connectivity index (χ0) is 18.4. The summed E-state index contributed by atoms with van der Waals surface area (Å²) in [7, 11) is 0. The van der Waals surface area contributed by atoms with Gasteiger partial charge < -0.3 is 14.8 Å². The van der Waals surface area contributed by atoms with Crippen molar-refractivity contribution in [2.24, 2.45) is 0 Å². The molecule has 0 saturated heterocycles. The van der Waals surface area contributed by atoms with Gasteiger partial charge in [-0.15, -0.1) is 0 Å². The molecule has 0 saturated carbocycles. The van der Waals surface area contributed by atoms with E-state index in [9.17, 15) is 9.59 Å². The largest absolute Gasteiger partial charge is 0.482 e. The van der Waals surface area contributed by atoms with Gasteiger partial charge in [0.2, 0.25) is 0 Å². The van der Waals surface area contributed by atoms with Gasteiger partial charge in [-0.25, -0.2) is 4.79 Å². The number of nitrogens with one attached hydrogen (secondary N) is 1. The van der Waals surface area contributed by atoms with Crippen LogP contribution in [0.3, 0.4) is 0 Å². The first-order valence-electron chi connectivity index (χ1n) is 8.12. The van der Waals surface area contributed by atoms with E-state index in [0.29, 0.717) is 11.4 Å². The molecule has 0 spiro atoms. The normalized spacial score (nSPS) is 11.5. The maximum atomic E-state index is 12.1. The second kappa shape index (κ2) is 8.33. The first-order chi connectivity index (χ1) is 11.8. The van der Waals surface area contributed by atoms with E-state index >= 15 is 0 Å². The van der Waals surface area contributed by atoms with Gasteiger partial charge in [-0.2, -0.15) is 0 Å². The summed E-state index contributed by atoms with van der Waals surface area (Å²) in [4.78, 5) is 24.0. The van der Waals surface area contributed by atoms with Crippen LogP contribution < -0.4 is 10.1 Å². The van der Waals surface area contributed by atoms with E-state index in [1.54, 1.807) is 6.07 Å². The van der Waals surface area contributed by atoms with Crippen LogP contribution in [0.25, 0.3) is 0 Å². The van der Waals surface area contributed by atoms with Crippen molar-refractivity contribution in [2.75, 3.05) is 11.9 Å². The lowest BCUT2D eigenvalue weighted by Crippen LogP contribution is -2.31. The van der Waals surface area contributed by atoms with E-state index < -0.39 is 12.1 Å². The lowest BCUT2D eigenvalue weighted by molar-refractivity contribution is -0.155. The molecule has 2 aromatic rings. The maximum Gasteiger partial charge on any atom is 0.344 e. The molecule has 0 aliphatic rings. The molecule has 1 atom stereocenters. The fourth-order valence-electron chi connectivity index (χ4n) is 2.39. The third-order valence-corrected chi connectivity index (χ3v) is 3.63. The van der Waals surface area contributed by atoms with Crippen molar-refractivity contribution in [1.29, 1.82) is 0 Å². The smallest absolute Gasteiger partial charge is 0.344 e. The van der Waals surface area contributed by atoms with E-state index in [-0.39, 0.29) is 12.5 Å². The van der Waals surface area contributed by atoms with Gasteiger partial charge in [-0.3, -0.25) is 4.79 Å². The van der Waals surface area contributed by atoms with Crippen molar-refractivity contribution >= 4 is 17.6 Å². The molecule has 0 aliphatic heterocycles. The predicted molar refractivity (Wildman–Crippen MR) is 96.8 cm³/mol. The van der Waals surface area contributed by atoms with Crippen molar-refractivity contribution in [3.8, 4) is 5.75 Å². The maximum absolute atomic E-state index is 12.1. The lowest BCUT2D eigenvalue weighted by Gasteiger charge is -2.15. The van der Waals surface area contributed by atoms with Gasteiger partial charge in [0.05, 0.1) is 0 Å². The second-order valence-corrected chi connectivity index (χ2v) is 6.05. The Labute approximate surface area is 148 Å². The molecule has 0 bridgehead atoms. The quantitative estimate of drug-likeness (QED) is 0.816. The minimum Gasteiger partial charge on any atom is -0.482 e. The first-order valence-corrected chi connectivity index (χ1v) is 8.12. The van der Waals surface area contributed by atoms with Crippen molar-refractivity contribution < 1.29 is 19.1 Å². The summed E-state index contributed by atoms with van der Waals surface area (Å²) in [5.41, 5.74) is 3.73. The summed E-state index contributed by atoms with van der Waals surface area (Å²) in [5, 5.41) is 2.75. The van der Waals surface area contributed by atoms with Crippen LogP contribution in [0.4, 0.5) is 5.69 Å². The Morgan fingerprint density at radius 2 is 1.68 bits per heavy atom. The number of para-hydroxylation sites is 1. The van der Waals surface area contributed by atoms with Gasteiger partial charge in [0, 0.05) is 5.69 Å². The number of hydrogen-bond donors (Lipinski definition) is 1. The van der Waals surface area contributed by atoms with Gasteiger partial charge >= 0.3 is 5.97 Å². The number of carbonyl (C=O) groups is 2. The summed E-state index contributed by atoms with van der Waals surface area (Å²) in [6, 6.07) is 13.1. The van der Waals surface area contributed by atoms with Crippen LogP contribution >= 0.6 is 0 Å². The highest BCUT2D eigenvalue weighted by atomic mass is 16.6. The van der Waals surface area contributed by atoms with Crippen LogP contribution in [0.15, 0.2) is 42.5 Å². The van der Waals surface area contributed by atoms with Gasteiger partial charge in [0.1, 0.15) is 5.75 Å². The SMILES string of the molecule is Cc1cc(C)cc(OCC(=O)O[C@@H](C)C(=O)Nc2ccccc2C)c1. The van der Waals surface area contributed by atoms with Crippen LogP contribution in [0, 0.1) is 20.8 Å². The van der Waals surface area contributed by atoms with E-state index in [4.69, 9.17) is 9.47 Å². The average molecular weight is 341 g/mol. The van der Waals surface area contributed by atoms with Crippen molar-refractivity contribution in [2.45, 2.75) is 33.8 Å². The van der Waals surface area contributed by atoms with Crippen LogP contribution in [0.2, 0.25) is 0 Å². The minimum absolute atomic E-state index is 0.245. The molecule has 5 nitrogen and oxygen atoms in total. The Balaban J connectivity index is 1.85. The molecule has 1 amide bonds. The molecule has 0 heterocycles. The predicted octanol–water partition coefficient (Wildman–Crippen LogP) is 3.56. The highest BCUT2D eigenvalue weighted by Gasteiger charge is 2.18. The van der Waals surface area contributed by atoms with Crippen LogP contribution in [0.5, 0.6) is 5.75 Å². The Morgan fingerprint density at radius 3 is 2.32 bits per heavy atom. The summed E-state index contributed by atoms with van der Waals surface area (Å²) in [6.07, 6.45) is -0.907. The molecular formula is C20H23NO4. The zero-order valence-electron chi connectivity index (χ0n) is 15.0. The van der Waals surface area contributed by atoms with E-state index in [1.807, 2.05) is 57.2 Å². The first kappa shape index (κ1) is 18.5. The number of ether oxygens (including phenoxy) is 2. The van der Waals surface area contributed by atoms with E-state index in [0.717, 1.165) is 16.7 Å². The second-order valence-electron chi connectivity index (χ2n) is 6.05. The fourth-order valence-corrected chi connectivity index (χ4v) is 2.39. The Bertz CT molecular complexity index is 750.